The minimum atomic E-state index is -0.280. The predicted octanol–water partition coefficient (Wildman–Crippen LogP) is 3.74. The molecular weight excluding hydrogens is 224 g/mol. The summed E-state index contributed by atoms with van der Waals surface area (Å²) in [6.45, 7) is 3.60. The number of carbonyl (C=O) groups excluding carboxylic acids is 1. The third-order valence-electron chi connectivity index (χ3n) is 3.47. The number of fused-ring (bicyclic) bond motifs is 3. The second kappa shape index (κ2) is 3.98. The molecule has 0 fully saturated rings. The van der Waals surface area contributed by atoms with E-state index < -0.39 is 0 Å². The van der Waals surface area contributed by atoms with E-state index in [9.17, 15) is 4.79 Å². The van der Waals surface area contributed by atoms with Gasteiger partial charge in [-0.05, 0) is 34.4 Å². The van der Waals surface area contributed by atoms with E-state index in [1.54, 1.807) is 0 Å². The molecule has 2 aromatic rings. The number of benzene rings is 2. The number of esters is 1. The lowest BCUT2D eigenvalue weighted by atomic mass is 9.99. The normalized spacial score (nSPS) is 16.0. The van der Waals surface area contributed by atoms with E-state index in [1.165, 1.54) is 29.2 Å². The van der Waals surface area contributed by atoms with Crippen molar-refractivity contribution < 1.29 is 9.53 Å². The smallest absolute Gasteiger partial charge is 0.308 e. The number of hydrogen-bond acceptors (Lipinski definition) is 2. The third kappa shape index (κ3) is 1.61. The Bertz CT molecular complexity index is 629. The zero-order valence-corrected chi connectivity index (χ0v) is 10.4. The Morgan fingerprint density at radius 2 is 1.78 bits per heavy atom. The average molecular weight is 238 g/mol. The molecule has 1 aliphatic carbocycles. The van der Waals surface area contributed by atoms with Gasteiger partial charge in [-0.25, -0.2) is 0 Å². The third-order valence-corrected chi connectivity index (χ3v) is 3.47. The Balaban J connectivity index is 2.10. The lowest BCUT2D eigenvalue weighted by molar-refractivity contribution is -0.131. The summed E-state index contributed by atoms with van der Waals surface area (Å²) in [7, 11) is 0. The second-order valence-electron chi connectivity index (χ2n) is 4.65. The van der Waals surface area contributed by atoms with Gasteiger partial charge in [0.1, 0.15) is 5.75 Å². The fourth-order valence-electron chi connectivity index (χ4n) is 2.66. The van der Waals surface area contributed by atoms with Crippen LogP contribution in [0.3, 0.4) is 0 Å². The maximum absolute atomic E-state index is 11.0. The molecule has 1 aliphatic rings. The number of rotatable bonds is 1. The maximum Gasteiger partial charge on any atom is 0.308 e. The van der Waals surface area contributed by atoms with Crippen molar-refractivity contribution in [3.8, 4) is 16.9 Å². The summed E-state index contributed by atoms with van der Waals surface area (Å²) in [5.41, 5.74) is 5.10. The molecule has 3 rings (SSSR count). The van der Waals surface area contributed by atoms with Crippen LogP contribution in [-0.4, -0.2) is 5.97 Å². The monoisotopic (exact) mass is 238 g/mol. The summed E-state index contributed by atoms with van der Waals surface area (Å²) >= 11 is 0. The molecule has 0 saturated heterocycles. The lowest BCUT2D eigenvalue weighted by Crippen LogP contribution is -2.01. The highest BCUT2D eigenvalue weighted by atomic mass is 16.5. The zero-order chi connectivity index (χ0) is 12.7. The van der Waals surface area contributed by atoms with Gasteiger partial charge in [-0.15, -0.1) is 0 Å². The molecule has 0 aliphatic heterocycles. The van der Waals surface area contributed by atoms with E-state index in [2.05, 4.69) is 31.2 Å². The largest absolute Gasteiger partial charge is 0.427 e. The Morgan fingerprint density at radius 1 is 1.06 bits per heavy atom. The summed E-state index contributed by atoms with van der Waals surface area (Å²) in [5.74, 6) is 0.700. The molecule has 0 aromatic heterocycles. The Hall–Kier alpha value is -2.09. The molecule has 2 aromatic carbocycles. The van der Waals surface area contributed by atoms with Crippen molar-refractivity contribution in [1.82, 2.24) is 0 Å². The molecule has 0 N–H and O–H groups in total. The minimum Gasteiger partial charge on any atom is -0.427 e. The lowest BCUT2D eigenvalue weighted by Gasteiger charge is -2.08. The van der Waals surface area contributed by atoms with Crippen LogP contribution in [0.5, 0.6) is 5.75 Å². The van der Waals surface area contributed by atoms with Crippen molar-refractivity contribution in [2.75, 3.05) is 0 Å². The highest BCUT2D eigenvalue weighted by molar-refractivity contribution is 5.80. The van der Waals surface area contributed by atoms with Crippen LogP contribution in [-0.2, 0) is 4.79 Å². The first-order chi connectivity index (χ1) is 8.66. The zero-order valence-electron chi connectivity index (χ0n) is 10.4. The van der Waals surface area contributed by atoms with Crippen molar-refractivity contribution in [3.05, 3.63) is 53.6 Å². The fourth-order valence-corrected chi connectivity index (χ4v) is 2.66. The SMILES string of the molecule is CC(=O)Oc1ccc2c(c1)C(C)c1ccccc1-2. The minimum absolute atomic E-state index is 0.280. The van der Waals surface area contributed by atoms with Crippen LogP contribution >= 0.6 is 0 Å². The van der Waals surface area contributed by atoms with E-state index in [4.69, 9.17) is 4.74 Å². The van der Waals surface area contributed by atoms with Gasteiger partial charge >= 0.3 is 5.97 Å². The Labute approximate surface area is 106 Å². The van der Waals surface area contributed by atoms with E-state index in [0.717, 1.165) is 0 Å². The van der Waals surface area contributed by atoms with Crippen LogP contribution in [0.1, 0.15) is 30.9 Å². The van der Waals surface area contributed by atoms with Gasteiger partial charge in [0.15, 0.2) is 0 Å². The first-order valence-electron chi connectivity index (χ1n) is 6.08. The summed E-state index contributed by atoms with van der Waals surface area (Å²) in [5, 5.41) is 0. The standard InChI is InChI=1S/C16H14O2/c1-10-13-5-3-4-6-14(13)15-8-7-12(9-16(10)15)18-11(2)17/h3-10H,1-2H3. The summed E-state index contributed by atoms with van der Waals surface area (Å²) in [6.07, 6.45) is 0. The van der Waals surface area contributed by atoms with Crippen LogP contribution in [0.15, 0.2) is 42.5 Å². The van der Waals surface area contributed by atoms with E-state index in [1.807, 2.05) is 18.2 Å². The first-order valence-corrected chi connectivity index (χ1v) is 6.08. The molecule has 1 unspecified atom stereocenters. The van der Waals surface area contributed by atoms with Gasteiger partial charge in [-0.1, -0.05) is 37.3 Å². The van der Waals surface area contributed by atoms with E-state index >= 15 is 0 Å². The van der Waals surface area contributed by atoms with Gasteiger partial charge < -0.3 is 4.74 Å². The molecule has 90 valence electrons. The first kappa shape index (κ1) is 11.0. The number of ether oxygens (including phenoxy) is 1. The van der Waals surface area contributed by atoms with Crippen LogP contribution < -0.4 is 4.74 Å². The molecule has 18 heavy (non-hydrogen) atoms. The molecule has 1 atom stereocenters. The van der Waals surface area contributed by atoms with Crippen molar-refractivity contribution in [2.45, 2.75) is 19.8 Å². The quantitative estimate of drug-likeness (QED) is 0.558. The Morgan fingerprint density at radius 3 is 2.56 bits per heavy atom. The van der Waals surface area contributed by atoms with Crippen LogP contribution in [0.2, 0.25) is 0 Å². The highest BCUT2D eigenvalue weighted by Crippen LogP contribution is 2.45. The van der Waals surface area contributed by atoms with Gasteiger partial charge in [0.05, 0.1) is 0 Å². The number of carbonyl (C=O) groups is 1. The predicted molar refractivity (Wildman–Crippen MR) is 70.7 cm³/mol. The topological polar surface area (TPSA) is 26.3 Å². The highest BCUT2D eigenvalue weighted by Gasteiger charge is 2.25. The van der Waals surface area contributed by atoms with Gasteiger partial charge in [0, 0.05) is 12.8 Å². The average Bonchev–Trinajstić information content (AvgIpc) is 2.63. The summed E-state index contributed by atoms with van der Waals surface area (Å²) < 4.78 is 5.15. The second-order valence-corrected chi connectivity index (χ2v) is 4.65. The molecule has 2 heteroatoms. The maximum atomic E-state index is 11.0. The molecule has 0 bridgehead atoms. The molecule has 0 spiro atoms. The van der Waals surface area contributed by atoms with Gasteiger partial charge in [0.25, 0.3) is 0 Å². The molecule has 0 saturated carbocycles. The fraction of sp³-hybridized carbons (Fsp3) is 0.188. The van der Waals surface area contributed by atoms with Crippen molar-refractivity contribution in [3.63, 3.8) is 0 Å². The summed E-state index contributed by atoms with van der Waals surface area (Å²) in [4.78, 5) is 11.0. The van der Waals surface area contributed by atoms with Crippen molar-refractivity contribution in [2.24, 2.45) is 0 Å². The Kier molecular flexibility index (Phi) is 2.44. The van der Waals surface area contributed by atoms with Crippen LogP contribution in [0, 0.1) is 0 Å². The van der Waals surface area contributed by atoms with Crippen molar-refractivity contribution in [1.29, 1.82) is 0 Å². The van der Waals surface area contributed by atoms with E-state index in [-0.39, 0.29) is 5.97 Å². The molecule has 2 nitrogen and oxygen atoms in total. The van der Waals surface area contributed by atoms with Crippen LogP contribution in [0.4, 0.5) is 0 Å². The molecule has 0 radical (unpaired) electrons. The van der Waals surface area contributed by atoms with Crippen LogP contribution in [0.25, 0.3) is 11.1 Å². The molecule has 0 amide bonds. The molecule has 0 heterocycles. The van der Waals surface area contributed by atoms with Gasteiger partial charge in [-0.2, -0.15) is 0 Å². The van der Waals surface area contributed by atoms with E-state index in [0.29, 0.717) is 11.7 Å². The van der Waals surface area contributed by atoms with Crippen molar-refractivity contribution >= 4 is 5.97 Å². The summed E-state index contributed by atoms with van der Waals surface area (Å²) in [6, 6.07) is 14.3. The van der Waals surface area contributed by atoms with Gasteiger partial charge in [-0.3, -0.25) is 4.79 Å². The van der Waals surface area contributed by atoms with Gasteiger partial charge in [0.2, 0.25) is 0 Å². The number of hydrogen-bond donors (Lipinski definition) is 0. The molecular formula is C16H14O2.